The van der Waals surface area contributed by atoms with Gasteiger partial charge in [0.05, 0.1) is 11.9 Å². The molecule has 2 aromatic heterocycles. The first kappa shape index (κ1) is 8.50. The summed E-state index contributed by atoms with van der Waals surface area (Å²) in [5, 5.41) is 9.21. The number of aromatic nitrogens is 2. The van der Waals surface area contributed by atoms with Gasteiger partial charge in [0.2, 0.25) is 0 Å². The fourth-order valence-electron chi connectivity index (χ4n) is 1.18. The van der Waals surface area contributed by atoms with E-state index in [1.54, 1.807) is 36.8 Å². The average molecular weight is 188 g/mol. The van der Waals surface area contributed by atoms with E-state index in [1.165, 1.54) is 10.6 Å². The summed E-state index contributed by atoms with van der Waals surface area (Å²) < 4.78 is 1.34. The normalized spacial score (nSPS) is 10.0. The predicted octanol–water partition coefficient (Wildman–Crippen LogP) is 0.938. The summed E-state index contributed by atoms with van der Waals surface area (Å²) in [5.41, 5.74) is 0.189. The Morgan fingerprint density at radius 2 is 2.14 bits per heavy atom. The van der Waals surface area contributed by atoms with Crippen LogP contribution >= 0.6 is 0 Å². The Labute approximate surface area is 80.1 Å². The van der Waals surface area contributed by atoms with Crippen LogP contribution in [0.2, 0.25) is 0 Å². The number of nitrogens with zero attached hydrogens (tertiary/aromatic N) is 2. The number of hydrogen-bond donors (Lipinski definition) is 1. The fourth-order valence-corrected chi connectivity index (χ4v) is 1.18. The first-order chi connectivity index (χ1) is 6.79. The topological polar surface area (TPSA) is 55.1 Å². The third-order valence-corrected chi connectivity index (χ3v) is 1.85. The van der Waals surface area contributed by atoms with Crippen molar-refractivity contribution in [3.63, 3.8) is 0 Å². The maximum Gasteiger partial charge on any atom is 0.297 e. The zero-order valence-electron chi connectivity index (χ0n) is 7.29. The van der Waals surface area contributed by atoms with E-state index in [9.17, 15) is 9.90 Å². The van der Waals surface area contributed by atoms with Gasteiger partial charge in [-0.05, 0) is 24.3 Å². The zero-order chi connectivity index (χ0) is 9.97. The quantitative estimate of drug-likeness (QED) is 0.724. The van der Waals surface area contributed by atoms with Crippen molar-refractivity contribution in [2.24, 2.45) is 0 Å². The molecule has 0 atom stereocenters. The molecular formula is C10H8N2O2. The molecule has 2 aromatic rings. The summed E-state index contributed by atoms with van der Waals surface area (Å²) in [6.45, 7) is 0. The molecular weight excluding hydrogens is 180 g/mol. The molecule has 0 amide bonds. The van der Waals surface area contributed by atoms with Crippen molar-refractivity contribution in [3.05, 3.63) is 53.2 Å². The number of aromatic hydroxyl groups is 1. The van der Waals surface area contributed by atoms with Gasteiger partial charge in [0.1, 0.15) is 0 Å². The molecule has 14 heavy (non-hydrogen) atoms. The minimum absolute atomic E-state index is 0.267. The second-order valence-electron chi connectivity index (χ2n) is 2.78. The molecule has 4 nitrogen and oxygen atoms in total. The first-order valence-corrected chi connectivity index (χ1v) is 4.10. The van der Waals surface area contributed by atoms with Crippen molar-refractivity contribution in [1.29, 1.82) is 0 Å². The molecule has 2 heterocycles. The molecule has 0 saturated heterocycles. The van der Waals surface area contributed by atoms with E-state index in [1.807, 2.05) is 0 Å². The summed E-state index contributed by atoms with van der Waals surface area (Å²) in [6.07, 6.45) is 4.76. The number of rotatable bonds is 1. The van der Waals surface area contributed by atoms with Crippen LogP contribution in [0.4, 0.5) is 0 Å². The van der Waals surface area contributed by atoms with Gasteiger partial charge in [0.15, 0.2) is 5.75 Å². The molecule has 0 radical (unpaired) electrons. The third-order valence-electron chi connectivity index (χ3n) is 1.85. The second kappa shape index (κ2) is 3.33. The molecule has 0 aliphatic carbocycles. The van der Waals surface area contributed by atoms with Crippen LogP contribution in [-0.2, 0) is 0 Å². The predicted molar refractivity (Wildman–Crippen MR) is 51.5 cm³/mol. The Morgan fingerprint density at radius 1 is 1.29 bits per heavy atom. The van der Waals surface area contributed by atoms with Gasteiger partial charge in [-0.25, -0.2) is 0 Å². The van der Waals surface area contributed by atoms with E-state index in [0.717, 1.165) is 0 Å². The van der Waals surface area contributed by atoms with E-state index in [0.29, 0.717) is 5.69 Å². The standard InChI is InChI=1S/C10H8N2O2/c13-9-4-2-6-12(10(9)14)8-3-1-5-11-7-8/h1-7,13H. The number of hydrogen-bond acceptors (Lipinski definition) is 3. The molecule has 70 valence electrons. The Balaban J connectivity index is 2.64. The Morgan fingerprint density at radius 3 is 2.86 bits per heavy atom. The van der Waals surface area contributed by atoms with Crippen molar-refractivity contribution in [1.82, 2.24) is 9.55 Å². The summed E-state index contributed by atoms with van der Waals surface area (Å²) in [5.74, 6) is -0.267. The number of pyridine rings is 2. The summed E-state index contributed by atoms with van der Waals surface area (Å²) in [6, 6.07) is 6.43. The second-order valence-corrected chi connectivity index (χ2v) is 2.78. The smallest absolute Gasteiger partial charge is 0.297 e. The summed E-state index contributed by atoms with van der Waals surface area (Å²) in [4.78, 5) is 15.3. The third kappa shape index (κ3) is 1.37. The fraction of sp³-hybridized carbons (Fsp3) is 0. The van der Waals surface area contributed by atoms with Crippen molar-refractivity contribution >= 4 is 0 Å². The Bertz CT molecular complexity index is 491. The molecule has 0 aliphatic heterocycles. The maximum absolute atomic E-state index is 11.5. The molecule has 0 bridgehead atoms. The summed E-state index contributed by atoms with van der Waals surface area (Å²) in [7, 11) is 0. The van der Waals surface area contributed by atoms with Crippen LogP contribution in [0.25, 0.3) is 5.69 Å². The molecule has 0 aliphatic rings. The van der Waals surface area contributed by atoms with Crippen LogP contribution in [0.5, 0.6) is 5.75 Å². The van der Waals surface area contributed by atoms with Crippen LogP contribution in [0.3, 0.4) is 0 Å². The van der Waals surface area contributed by atoms with Crippen LogP contribution in [0.15, 0.2) is 47.7 Å². The van der Waals surface area contributed by atoms with E-state index in [-0.39, 0.29) is 5.75 Å². The van der Waals surface area contributed by atoms with Crippen molar-refractivity contribution in [3.8, 4) is 11.4 Å². The van der Waals surface area contributed by atoms with Gasteiger partial charge < -0.3 is 5.11 Å². The molecule has 0 unspecified atom stereocenters. The van der Waals surface area contributed by atoms with E-state index in [4.69, 9.17) is 0 Å². The van der Waals surface area contributed by atoms with Crippen molar-refractivity contribution < 1.29 is 5.11 Å². The molecule has 4 heteroatoms. The van der Waals surface area contributed by atoms with Crippen LogP contribution in [0.1, 0.15) is 0 Å². The highest BCUT2D eigenvalue weighted by molar-refractivity contribution is 5.30. The largest absolute Gasteiger partial charge is 0.503 e. The van der Waals surface area contributed by atoms with E-state index >= 15 is 0 Å². The molecule has 0 fully saturated rings. The highest BCUT2D eigenvalue weighted by atomic mass is 16.3. The highest BCUT2D eigenvalue weighted by Crippen LogP contribution is 2.04. The van der Waals surface area contributed by atoms with Gasteiger partial charge in [-0.3, -0.25) is 14.3 Å². The highest BCUT2D eigenvalue weighted by Gasteiger charge is 2.01. The lowest BCUT2D eigenvalue weighted by molar-refractivity contribution is 0.463. The monoisotopic (exact) mass is 188 g/mol. The van der Waals surface area contributed by atoms with Crippen molar-refractivity contribution in [2.45, 2.75) is 0 Å². The molecule has 0 spiro atoms. The van der Waals surface area contributed by atoms with Gasteiger partial charge >= 0.3 is 0 Å². The Hall–Kier alpha value is -2.10. The average Bonchev–Trinajstić information content (AvgIpc) is 2.23. The van der Waals surface area contributed by atoms with Crippen molar-refractivity contribution in [2.75, 3.05) is 0 Å². The van der Waals surface area contributed by atoms with Gasteiger partial charge in [0.25, 0.3) is 5.56 Å². The van der Waals surface area contributed by atoms with E-state index < -0.39 is 5.56 Å². The molecule has 0 aromatic carbocycles. The molecule has 2 rings (SSSR count). The maximum atomic E-state index is 11.5. The molecule has 1 N–H and O–H groups in total. The lowest BCUT2D eigenvalue weighted by Gasteiger charge is -2.03. The minimum Gasteiger partial charge on any atom is -0.503 e. The van der Waals surface area contributed by atoms with Crippen LogP contribution in [0, 0.1) is 0 Å². The Kier molecular flexibility index (Phi) is 2.02. The van der Waals surface area contributed by atoms with E-state index in [2.05, 4.69) is 4.98 Å². The van der Waals surface area contributed by atoms with Gasteiger partial charge in [-0.15, -0.1) is 0 Å². The van der Waals surface area contributed by atoms with Gasteiger partial charge in [-0.1, -0.05) is 0 Å². The SMILES string of the molecule is O=c1c(O)cccn1-c1cccnc1. The first-order valence-electron chi connectivity index (χ1n) is 4.10. The zero-order valence-corrected chi connectivity index (χ0v) is 7.29. The van der Waals surface area contributed by atoms with Gasteiger partial charge in [-0.2, -0.15) is 0 Å². The summed E-state index contributed by atoms with van der Waals surface area (Å²) >= 11 is 0. The lowest BCUT2D eigenvalue weighted by atomic mass is 10.4. The van der Waals surface area contributed by atoms with Crippen LogP contribution in [-0.4, -0.2) is 14.7 Å². The minimum atomic E-state index is -0.444. The van der Waals surface area contributed by atoms with Gasteiger partial charge in [0, 0.05) is 12.4 Å². The lowest BCUT2D eigenvalue weighted by Crippen LogP contribution is -2.16. The van der Waals surface area contributed by atoms with Crippen LogP contribution < -0.4 is 5.56 Å². The molecule has 0 saturated carbocycles.